The Morgan fingerprint density at radius 1 is 1.33 bits per heavy atom. The van der Waals surface area contributed by atoms with Crippen molar-refractivity contribution in [2.75, 3.05) is 7.11 Å². The van der Waals surface area contributed by atoms with Gasteiger partial charge in [-0.3, -0.25) is 0 Å². The van der Waals surface area contributed by atoms with Crippen LogP contribution in [-0.2, 0) is 13.2 Å². The van der Waals surface area contributed by atoms with E-state index >= 15 is 0 Å². The third kappa shape index (κ3) is 3.67. The summed E-state index contributed by atoms with van der Waals surface area (Å²) in [6, 6.07) is 8.41. The molecule has 2 rings (SSSR count). The molecule has 0 aliphatic carbocycles. The second kappa shape index (κ2) is 7.11. The van der Waals surface area contributed by atoms with Crippen LogP contribution in [0, 0.1) is 5.82 Å². The highest BCUT2D eigenvalue weighted by molar-refractivity contribution is 9.10. The van der Waals surface area contributed by atoms with Crippen molar-refractivity contribution < 1.29 is 13.9 Å². The first-order chi connectivity index (χ1) is 10.1. The maximum atomic E-state index is 13.8. The molecule has 0 radical (unpaired) electrons. The molecule has 0 saturated carbocycles. The molecule has 2 aromatic rings. The summed E-state index contributed by atoms with van der Waals surface area (Å²) in [5.41, 5.74) is 6.89. The van der Waals surface area contributed by atoms with Gasteiger partial charge in [-0.2, -0.15) is 0 Å². The Morgan fingerprint density at radius 3 is 2.76 bits per heavy atom. The van der Waals surface area contributed by atoms with Crippen LogP contribution in [0.1, 0.15) is 11.1 Å². The number of ether oxygens (including phenoxy) is 2. The Hall–Kier alpha value is -1.30. The van der Waals surface area contributed by atoms with Crippen LogP contribution in [0.3, 0.4) is 0 Å². The summed E-state index contributed by atoms with van der Waals surface area (Å²) in [6.45, 7) is 0.432. The van der Waals surface area contributed by atoms with E-state index in [1.54, 1.807) is 18.2 Å². The van der Waals surface area contributed by atoms with Crippen LogP contribution in [0.2, 0.25) is 5.02 Å². The molecule has 0 heterocycles. The molecular weight excluding hydrogens is 361 g/mol. The Morgan fingerprint density at radius 2 is 2.10 bits per heavy atom. The van der Waals surface area contributed by atoms with E-state index in [4.69, 9.17) is 26.8 Å². The zero-order chi connectivity index (χ0) is 15.4. The van der Waals surface area contributed by atoms with Crippen molar-refractivity contribution in [3.05, 3.63) is 56.8 Å². The highest BCUT2D eigenvalue weighted by Gasteiger charge is 2.13. The molecule has 2 N–H and O–H groups in total. The van der Waals surface area contributed by atoms with E-state index in [2.05, 4.69) is 15.9 Å². The average Bonchev–Trinajstić information content (AvgIpc) is 2.49. The van der Waals surface area contributed by atoms with Gasteiger partial charge in [0, 0.05) is 12.1 Å². The van der Waals surface area contributed by atoms with Gasteiger partial charge in [-0.15, -0.1) is 0 Å². The maximum Gasteiger partial charge on any atom is 0.175 e. The Bertz CT molecular complexity index is 652. The fourth-order valence-electron chi connectivity index (χ4n) is 1.84. The molecule has 0 atom stereocenters. The normalized spacial score (nSPS) is 10.5. The molecule has 21 heavy (non-hydrogen) atoms. The first-order valence-electron chi connectivity index (χ1n) is 6.19. The number of hydrogen-bond donors (Lipinski definition) is 1. The second-order valence-electron chi connectivity index (χ2n) is 4.31. The van der Waals surface area contributed by atoms with Crippen molar-refractivity contribution in [3.63, 3.8) is 0 Å². The van der Waals surface area contributed by atoms with E-state index in [0.717, 1.165) is 5.56 Å². The van der Waals surface area contributed by atoms with Gasteiger partial charge in [-0.1, -0.05) is 23.7 Å². The van der Waals surface area contributed by atoms with Crippen LogP contribution >= 0.6 is 27.5 Å². The van der Waals surface area contributed by atoms with E-state index in [9.17, 15) is 4.39 Å². The smallest absolute Gasteiger partial charge is 0.175 e. The number of benzene rings is 2. The molecule has 3 nitrogen and oxygen atoms in total. The quantitative estimate of drug-likeness (QED) is 0.849. The van der Waals surface area contributed by atoms with Gasteiger partial charge in [-0.25, -0.2) is 4.39 Å². The van der Waals surface area contributed by atoms with Gasteiger partial charge >= 0.3 is 0 Å². The summed E-state index contributed by atoms with van der Waals surface area (Å²) >= 11 is 9.15. The van der Waals surface area contributed by atoms with E-state index in [-0.39, 0.29) is 11.6 Å². The lowest BCUT2D eigenvalue weighted by molar-refractivity contribution is 0.277. The standard InChI is InChI=1S/C15H14BrClFNO2/c1-20-13-6-9(7-19)5-11(16)15(13)21-8-10-3-2-4-12(17)14(10)18/h2-6H,7-8,19H2,1H3. The van der Waals surface area contributed by atoms with Gasteiger partial charge in [0.2, 0.25) is 0 Å². The first-order valence-corrected chi connectivity index (χ1v) is 7.36. The van der Waals surface area contributed by atoms with Crippen molar-refractivity contribution in [2.24, 2.45) is 5.73 Å². The summed E-state index contributed by atoms with van der Waals surface area (Å²) in [5.74, 6) is 0.550. The number of rotatable bonds is 5. The zero-order valence-electron chi connectivity index (χ0n) is 11.3. The van der Waals surface area contributed by atoms with Crippen molar-refractivity contribution in [1.29, 1.82) is 0 Å². The minimum absolute atomic E-state index is 0.0450. The number of halogens is 3. The molecule has 112 valence electrons. The fourth-order valence-corrected chi connectivity index (χ4v) is 2.64. The van der Waals surface area contributed by atoms with E-state index < -0.39 is 5.82 Å². The van der Waals surface area contributed by atoms with Crippen molar-refractivity contribution in [2.45, 2.75) is 13.2 Å². The fraction of sp³-hybridized carbons (Fsp3) is 0.200. The third-order valence-electron chi connectivity index (χ3n) is 2.93. The lowest BCUT2D eigenvalue weighted by atomic mass is 10.2. The lowest BCUT2D eigenvalue weighted by Gasteiger charge is -2.14. The molecular formula is C15H14BrClFNO2. The highest BCUT2D eigenvalue weighted by atomic mass is 79.9. The van der Waals surface area contributed by atoms with E-state index in [1.165, 1.54) is 13.2 Å². The van der Waals surface area contributed by atoms with Crippen LogP contribution in [0.25, 0.3) is 0 Å². The number of hydrogen-bond acceptors (Lipinski definition) is 3. The van der Waals surface area contributed by atoms with Crippen LogP contribution in [0.5, 0.6) is 11.5 Å². The first kappa shape index (κ1) is 16.1. The zero-order valence-corrected chi connectivity index (χ0v) is 13.7. The predicted molar refractivity (Wildman–Crippen MR) is 84.3 cm³/mol. The summed E-state index contributed by atoms with van der Waals surface area (Å²) in [7, 11) is 1.54. The minimum atomic E-state index is -0.479. The lowest BCUT2D eigenvalue weighted by Crippen LogP contribution is -2.03. The van der Waals surface area contributed by atoms with Crippen molar-refractivity contribution in [1.82, 2.24) is 0 Å². The summed E-state index contributed by atoms with van der Waals surface area (Å²) in [5, 5.41) is 0.0700. The molecule has 0 aromatic heterocycles. The van der Waals surface area contributed by atoms with Crippen molar-refractivity contribution in [3.8, 4) is 11.5 Å². The number of methoxy groups -OCH3 is 1. The van der Waals surface area contributed by atoms with Gasteiger partial charge < -0.3 is 15.2 Å². The van der Waals surface area contributed by atoms with Crippen molar-refractivity contribution >= 4 is 27.5 Å². The third-order valence-corrected chi connectivity index (χ3v) is 3.81. The largest absolute Gasteiger partial charge is 0.493 e. The average molecular weight is 375 g/mol. The topological polar surface area (TPSA) is 44.5 Å². The highest BCUT2D eigenvalue weighted by Crippen LogP contribution is 2.37. The molecule has 6 heteroatoms. The maximum absolute atomic E-state index is 13.8. The molecule has 0 aliphatic rings. The molecule has 0 unspecified atom stereocenters. The van der Waals surface area contributed by atoms with Gasteiger partial charge in [-0.05, 0) is 39.7 Å². The summed E-state index contributed by atoms with van der Waals surface area (Å²) in [4.78, 5) is 0. The number of nitrogens with two attached hydrogens (primary N) is 1. The van der Waals surface area contributed by atoms with Gasteiger partial charge in [0.15, 0.2) is 11.5 Å². The molecule has 0 amide bonds. The predicted octanol–water partition coefficient (Wildman–Crippen LogP) is 4.29. The Labute approximate surface area is 135 Å². The SMILES string of the molecule is COc1cc(CN)cc(Br)c1OCc1cccc(Cl)c1F. The molecule has 0 bridgehead atoms. The molecule has 0 fully saturated rings. The summed E-state index contributed by atoms with van der Waals surface area (Å²) < 4.78 is 25.5. The van der Waals surface area contributed by atoms with Gasteiger partial charge in [0.1, 0.15) is 12.4 Å². The second-order valence-corrected chi connectivity index (χ2v) is 5.58. The minimum Gasteiger partial charge on any atom is -0.493 e. The van der Waals surface area contributed by atoms with Crippen LogP contribution in [-0.4, -0.2) is 7.11 Å². The Balaban J connectivity index is 2.25. The van der Waals surface area contributed by atoms with Crippen LogP contribution < -0.4 is 15.2 Å². The van der Waals surface area contributed by atoms with Crippen LogP contribution in [0.4, 0.5) is 4.39 Å². The molecule has 2 aromatic carbocycles. The molecule has 0 aliphatic heterocycles. The molecule has 0 saturated heterocycles. The van der Waals surface area contributed by atoms with Gasteiger partial charge in [0.25, 0.3) is 0 Å². The van der Waals surface area contributed by atoms with E-state index in [0.29, 0.717) is 28.1 Å². The van der Waals surface area contributed by atoms with Gasteiger partial charge in [0.05, 0.1) is 16.6 Å². The Kier molecular flexibility index (Phi) is 5.45. The molecule has 0 spiro atoms. The summed E-state index contributed by atoms with van der Waals surface area (Å²) in [6.07, 6.45) is 0. The van der Waals surface area contributed by atoms with E-state index in [1.807, 2.05) is 6.07 Å². The van der Waals surface area contributed by atoms with Crippen LogP contribution in [0.15, 0.2) is 34.8 Å². The monoisotopic (exact) mass is 373 g/mol.